The van der Waals surface area contributed by atoms with Gasteiger partial charge in [0.1, 0.15) is 0 Å². The second-order valence-corrected chi connectivity index (χ2v) is 4.24. The normalized spacial score (nSPS) is 12.0. The molecule has 0 bridgehead atoms. The molecule has 0 aliphatic heterocycles. The van der Waals surface area contributed by atoms with Gasteiger partial charge in [-0.3, -0.25) is 4.68 Å². The number of aryl methyl sites for hydroxylation is 1. The Bertz CT molecular complexity index is 294. The Morgan fingerprint density at radius 1 is 1.53 bits per heavy atom. The fourth-order valence-corrected chi connectivity index (χ4v) is 1.51. The van der Waals surface area contributed by atoms with E-state index >= 15 is 0 Å². The van der Waals surface area contributed by atoms with Gasteiger partial charge in [0.25, 0.3) is 0 Å². The summed E-state index contributed by atoms with van der Waals surface area (Å²) >= 11 is 0. The summed E-state index contributed by atoms with van der Waals surface area (Å²) in [5, 5.41) is 7.48. The zero-order valence-corrected chi connectivity index (χ0v) is 10.1. The monoisotopic (exact) mass is 211 g/mol. The van der Waals surface area contributed by atoms with Gasteiger partial charge in [-0.05, 0) is 26.8 Å². The molecule has 0 spiro atoms. The van der Waals surface area contributed by atoms with E-state index in [0.29, 0.717) is 0 Å². The van der Waals surface area contributed by atoms with Gasteiger partial charge in [-0.25, -0.2) is 0 Å². The molecule has 0 aliphatic carbocycles. The Labute approximate surface area is 91.6 Å². The molecule has 0 fully saturated rings. The Hall–Kier alpha value is -0.870. The van der Waals surface area contributed by atoms with Crippen LogP contribution in [0, 0.1) is 0 Å². The fraction of sp³-hybridized carbons (Fsp3) is 0.727. The smallest absolute Gasteiger partial charge is 0.0750 e. The van der Waals surface area contributed by atoms with Crippen LogP contribution in [0.1, 0.15) is 26.5 Å². The highest BCUT2D eigenvalue weighted by Gasteiger charge is 2.16. The van der Waals surface area contributed by atoms with Crippen molar-refractivity contribution in [2.24, 2.45) is 7.05 Å². The minimum absolute atomic E-state index is 0.104. The molecule has 86 valence electrons. The van der Waals surface area contributed by atoms with Crippen LogP contribution in [-0.4, -0.2) is 28.5 Å². The SMILES string of the molecule is CCOC(C)(C)CNCc1ccnn1C. The van der Waals surface area contributed by atoms with Crippen LogP contribution >= 0.6 is 0 Å². The van der Waals surface area contributed by atoms with E-state index in [1.54, 1.807) is 0 Å². The van der Waals surface area contributed by atoms with Gasteiger partial charge >= 0.3 is 0 Å². The van der Waals surface area contributed by atoms with Gasteiger partial charge in [0.2, 0.25) is 0 Å². The number of nitrogens with zero attached hydrogens (tertiary/aromatic N) is 2. The third-order valence-electron chi connectivity index (χ3n) is 2.31. The van der Waals surface area contributed by atoms with Gasteiger partial charge in [0.05, 0.1) is 11.3 Å². The molecule has 0 saturated carbocycles. The number of aromatic nitrogens is 2. The average molecular weight is 211 g/mol. The Balaban J connectivity index is 2.30. The quantitative estimate of drug-likeness (QED) is 0.771. The van der Waals surface area contributed by atoms with Crippen LogP contribution in [0.25, 0.3) is 0 Å². The molecule has 0 amide bonds. The van der Waals surface area contributed by atoms with E-state index in [1.165, 1.54) is 5.69 Å². The largest absolute Gasteiger partial charge is 0.375 e. The van der Waals surface area contributed by atoms with E-state index in [2.05, 4.69) is 24.3 Å². The van der Waals surface area contributed by atoms with Gasteiger partial charge in [-0.2, -0.15) is 5.10 Å². The van der Waals surface area contributed by atoms with Crippen LogP contribution in [0.2, 0.25) is 0 Å². The van der Waals surface area contributed by atoms with Gasteiger partial charge in [0, 0.05) is 32.9 Å². The van der Waals surface area contributed by atoms with Crippen LogP contribution in [0.4, 0.5) is 0 Å². The maximum Gasteiger partial charge on any atom is 0.0750 e. The molecule has 1 aromatic heterocycles. The van der Waals surface area contributed by atoms with Crippen LogP contribution in [0.15, 0.2) is 12.3 Å². The van der Waals surface area contributed by atoms with E-state index in [1.807, 2.05) is 30.9 Å². The van der Waals surface area contributed by atoms with Crippen molar-refractivity contribution in [3.8, 4) is 0 Å². The van der Waals surface area contributed by atoms with Crippen LogP contribution in [0.3, 0.4) is 0 Å². The van der Waals surface area contributed by atoms with Gasteiger partial charge < -0.3 is 10.1 Å². The predicted octanol–water partition coefficient (Wildman–Crippen LogP) is 1.32. The molecular formula is C11H21N3O. The molecule has 4 heteroatoms. The first-order chi connectivity index (χ1) is 7.05. The lowest BCUT2D eigenvalue weighted by molar-refractivity contribution is -0.00906. The van der Waals surface area contributed by atoms with E-state index in [9.17, 15) is 0 Å². The van der Waals surface area contributed by atoms with Crippen molar-refractivity contribution in [1.29, 1.82) is 0 Å². The van der Waals surface area contributed by atoms with E-state index in [4.69, 9.17) is 4.74 Å². The molecule has 1 rings (SSSR count). The summed E-state index contributed by atoms with van der Waals surface area (Å²) in [5.41, 5.74) is 1.08. The maximum absolute atomic E-state index is 5.59. The number of rotatable bonds is 6. The third kappa shape index (κ3) is 4.01. The minimum Gasteiger partial charge on any atom is -0.375 e. The van der Waals surface area contributed by atoms with Gasteiger partial charge in [-0.15, -0.1) is 0 Å². The molecule has 15 heavy (non-hydrogen) atoms. The van der Waals surface area contributed by atoms with Crippen molar-refractivity contribution in [3.05, 3.63) is 18.0 Å². The standard InChI is InChI=1S/C11H21N3O/c1-5-15-11(2,3)9-12-8-10-6-7-13-14(10)4/h6-7,12H,5,8-9H2,1-4H3. The summed E-state index contributed by atoms with van der Waals surface area (Å²) in [6, 6.07) is 2.01. The van der Waals surface area contributed by atoms with Crippen molar-refractivity contribution >= 4 is 0 Å². The number of hydrogen-bond donors (Lipinski definition) is 1. The zero-order valence-electron chi connectivity index (χ0n) is 10.1. The molecule has 4 nitrogen and oxygen atoms in total. The highest BCUT2D eigenvalue weighted by molar-refractivity contribution is 4.99. The van der Waals surface area contributed by atoms with E-state index < -0.39 is 0 Å². The van der Waals surface area contributed by atoms with Crippen molar-refractivity contribution in [2.45, 2.75) is 32.9 Å². The molecule has 1 aromatic rings. The van der Waals surface area contributed by atoms with Gasteiger partial charge in [-0.1, -0.05) is 0 Å². The lowest BCUT2D eigenvalue weighted by Gasteiger charge is -2.24. The molecule has 0 radical (unpaired) electrons. The number of hydrogen-bond acceptors (Lipinski definition) is 3. The van der Waals surface area contributed by atoms with Crippen molar-refractivity contribution in [3.63, 3.8) is 0 Å². The Morgan fingerprint density at radius 3 is 2.80 bits per heavy atom. The first kappa shape index (κ1) is 12.2. The van der Waals surface area contributed by atoms with Crippen molar-refractivity contribution in [2.75, 3.05) is 13.2 Å². The lowest BCUT2D eigenvalue weighted by atomic mass is 10.1. The minimum atomic E-state index is -0.104. The Kier molecular flexibility index (Phi) is 4.29. The molecule has 0 atom stereocenters. The summed E-state index contributed by atoms with van der Waals surface area (Å²) in [5.74, 6) is 0. The summed E-state index contributed by atoms with van der Waals surface area (Å²) in [6.07, 6.45) is 1.81. The summed E-state index contributed by atoms with van der Waals surface area (Å²) in [7, 11) is 1.95. The summed E-state index contributed by atoms with van der Waals surface area (Å²) in [6.45, 7) is 8.61. The lowest BCUT2D eigenvalue weighted by Crippen LogP contribution is -2.37. The average Bonchev–Trinajstić information content (AvgIpc) is 2.51. The third-order valence-corrected chi connectivity index (χ3v) is 2.31. The summed E-state index contributed by atoms with van der Waals surface area (Å²) < 4.78 is 7.47. The molecule has 1 N–H and O–H groups in total. The van der Waals surface area contributed by atoms with Crippen LogP contribution in [0.5, 0.6) is 0 Å². The molecule has 0 saturated heterocycles. The van der Waals surface area contributed by atoms with E-state index in [0.717, 1.165) is 19.7 Å². The topological polar surface area (TPSA) is 39.1 Å². The zero-order chi connectivity index (χ0) is 11.3. The first-order valence-corrected chi connectivity index (χ1v) is 5.37. The van der Waals surface area contributed by atoms with Crippen LogP contribution in [-0.2, 0) is 18.3 Å². The highest BCUT2D eigenvalue weighted by Crippen LogP contribution is 2.07. The van der Waals surface area contributed by atoms with Crippen molar-refractivity contribution in [1.82, 2.24) is 15.1 Å². The first-order valence-electron chi connectivity index (χ1n) is 5.37. The second kappa shape index (κ2) is 5.28. The number of nitrogens with one attached hydrogen (secondary N) is 1. The maximum atomic E-state index is 5.59. The molecular weight excluding hydrogens is 190 g/mol. The molecule has 0 aromatic carbocycles. The van der Waals surface area contributed by atoms with Crippen molar-refractivity contribution < 1.29 is 4.74 Å². The fourth-order valence-electron chi connectivity index (χ4n) is 1.51. The second-order valence-electron chi connectivity index (χ2n) is 4.24. The molecule has 0 aliphatic rings. The van der Waals surface area contributed by atoms with E-state index in [-0.39, 0.29) is 5.60 Å². The summed E-state index contributed by atoms with van der Waals surface area (Å²) in [4.78, 5) is 0. The molecule has 1 heterocycles. The predicted molar refractivity (Wildman–Crippen MR) is 60.6 cm³/mol. The molecule has 0 unspecified atom stereocenters. The van der Waals surface area contributed by atoms with Crippen LogP contribution < -0.4 is 5.32 Å². The Morgan fingerprint density at radius 2 is 2.27 bits per heavy atom. The number of ether oxygens (including phenoxy) is 1. The highest BCUT2D eigenvalue weighted by atomic mass is 16.5. The van der Waals surface area contributed by atoms with Gasteiger partial charge in [0.15, 0.2) is 0 Å².